The van der Waals surface area contributed by atoms with Crippen LogP contribution in [0.15, 0.2) is 85.3 Å². The second-order valence-electron chi connectivity index (χ2n) is 7.11. The van der Waals surface area contributed by atoms with E-state index in [2.05, 4.69) is 29.0 Å². The molecular weight excluding hydrogens is 363 g/mol. The molecule has 0 aliphatic heterocycles. The van der Waals surface area contributed by atoms with Crippen LogP contribution < -0.4 is 0 Å². The van der Waals surface area contributed by atoms with Crippen LogP contribution in [0.1, 0.15) is 18.2 Å². The fourth-order valence-corrected chi connectivity index (χ4v) is 3.49. The Morgan fingerprint density at radius 3 is 2.38 bits per heavy atom. The number of ether oxygens (including phenoxy) is 1. The highest BCUT2D eigenvalue weighted by Gasteiger charge is 2.17. The van der Waals surface area contributed by atoms with Gasteiger partial charge in [-0.1, -0.05) is 42.5 Å². The second-order valence-corrected chi connectivity index (χ2v) is 7.11. The third kappa shape index (κ3) is 4.61. The molecular formula is C25H23FN2O. The first-order valence-corrected chi connectivity index (χ1v) is 9.73. The molecule has 0 radical (unpaired) electrons. The minimum Gasteiger partial charge on any atom is -0.373 e. The molecule has 4 rings (SSSR count). The van der Waals surface area contributed by atoms with Crippen LogP contribution in [-0.2, 0) is 17.8 Å². The van der Waals surface area contributed by atoms with Crippen molar-refractivity contribution in [3.63, 3.8) is 0 Å². The molecule has 146 valence electrons. The number of hydrogen-bond acceptors (Lipinski definition) is 2. The Bertz CT molecular complexity index is 1040. The summed E-state index contributed by atoms with van der Waals surface area (Å²) in [4.78, 5) is 7.56. The number of nitrogens with zero attached hydrogens (tertiary/aromatic N) is 1. The largest absolute Gasteiger partial charge is 0.373 e. The number of nitrogens with one attached hydrogen (secondary N) is 1. The SMILES string of the molecule is CC(Cc1[nH]cc(-c2ccc(F)cc2)c1-c1ccncc1)OCc1ccccc1. The molecule has 1 atom stereocenters. The molecule has 3 nitrogen and oxygen atoms in total. The van der Waals surface area contributed by atoms with Gasteiger partial charge in [0.05, 0.1) is 12.7 Å². The number of aromatic nitrogens is 2. The number of pyridine rings is 1. The van der Waals surface area contributed by atoms with Crippen molar-refractivity contribution in [1.29, 1.82) is 0 Å². The summed E-state index contributed by atoms with van der Waals surface area (Å²) in [5, 5.41) is 0. The number of H-pyrrole nitrogens is 1. The predicted molar refractivity (Wildman–Crippen MR) is 114 cm³/mol. The minimum atomic E-state index is -0.238. The lowest BCUT2D eigenvalue weighted by atomic mass is 9.96. The van der Waals surface area contributed by atoms with Crippen LogP contribution in [0.3, 0.4) is 0 Å². The highest BCUT2D eigenvalue weighted by molar-refractivity contribution is 5.85. The van der Waals surface area contributed by atoms with Gasteiger partial charge in [0.25, 0.3) is 0 Å². The van der Waals surface area contributed by atoms with Crippen LogP contribution in [0.4, 0.5) is 4.39 Å². The molecule has 29 heavy (non-hydrogen) atoms. The quantitative estimate of drug-likeness (QED) is 0.421. The summed E-state index contributed by atoms with van der Waals surface area (Å²) in [5.74, 6) is -0.238. The van der Waals surface area contributed by atoms with Gasteiger partial charge in [-0.15, -0.1) is 0 Å². The fourth-order valence-electron chi connectivity index (χ4n) is 3.49. The monoisotopic (exact) mass is 386 g/mol. The van der Waals surface area contributed by atoms with Crippen molar-refractivity contribution >= 4 is 0 Å². The summed E-state index contributed by atoms with van der Waals surface area (Å²) < 4.78 is 19.5. The molecule has 0 saturated heterocycles. The van der Waals surface area contributed by atoms with Crippen LogP contribution in [-0.4, -0.2) is 16.1 Å². The van der Waals surface area contributed by atoms with Crippen molar-refractivity contribution in [2.75, 3.05) is 0 Å². The van der Waals surface area contributed by atoms with Crippen LogP contribution in [0.25, 0.3) is 22.3 Å². The zero-order valence-electron chi connectivity index (χ0n) is 16.3. The number of halogens is 1. The van der Waals surface area contributed by atoms with Crippen LogP contribution in [0, 0.1) is 5.82 Å². The highest BCUT2D eigenvalue weighted by Crippen LogP contribution is 2.35. The van der Waals surface area contributed by atoms with E-state index in [-0.39, 0.29) is 11.9 Å². The molecule has 0 amide bonds. The van der Waals surface area contributed by atoms with E-state index in [4.69, 9.17) is 4.74 Å². The molecule has 0 aliphatic rings. The van der Waals surface area contributed by atoms with Crippen molar-refractivity contribution in [1.82, 2.24) is 9.97 Å². The Balaban J connectivity index is 1.60. The molecule has 0 aliphatic carbocycles. The maximum atomic E-state index is 13.4. The average Bonchev–Trinajstić information content (AvgIpc) is 3.17. The van der Waals surface area contributed by atoms with Gasteiger partial charge in [0.2, 0.25) is 0 Å². The third-order valence-corrected chi connectivity index (χ3v) is 4.95. The number of aromatic amines is 1. The van der Waals surface area contributed by atoms with Crippen molar-refractivity contribution in [3.05, 3.63) is 102 Å². The Morgan fingerprint density at radius 2 is 1.66 bits per heavy atom. The van der Waals surface area contributed by atoms with E-state index in [1.807, 2.05) is 48.7 Å². The lowest BCUT2D eigenvalue weighted by Crippen LogP contribution is -2.12. The van der Waals surface area contributed by atoms with Crippen LogP contribution >= 0.6 is 0 Å². The number of benzene rings is 2. The smallest absolute Gasteiger partial charge is 0.123 e. The first-order valence-electron chi connectivity index (χ1n) is 9.73. The average molecular weight is 386 g/mol. The summed E-state index contributed by atoms with van der Waals surface area (Å²) in [7, 11) is 0. The molecule has 2 heterocycles. The Morgan fingerprint density at radius 1 is 0.931 bits per heavy atom. The molecule has 0 saturated carbocycles. The van der Waals surface area contributed by atoms with Crippen molar-refractivity contribution in [2.45, 2.75) is 26.1 Å². The molecule has 0 bridgehead atoms. The predicted octanol–water partition coefficient (Wildman–Crippen LogP) is 6.03. The normalized spacial score (nSPS) is 12.1. The second kappa shape index (κ2) is 8.84. The number of rotatable bonds is 7. The third-order valence-electron chi connectivity index (χ3n) is 4.95. The van der Waals surface area contributed by atoms with E-state index in [0.29, 0.717) is 6.61 Å². The molecule has 4 heteroatoms. The van der Waals surface area contributed by atoms with Gasteiger partial charge in [-0.3, -0.25) is 4.98 Å². The molecule has 0 spiro atoms. The Labute approximate surface area is 170 Å². The number of hydrogen-bond donors (Lipinski definition) is 1. The summed E-state index contributed by atoms with van der Waals surface area (Å²) in [5.41, 5.74) is 6.45. The van der Waals surface area contributed by atoms with E-state index >= 15 is 0 Å². The molecule has 2 aromatic carbocycles. The Kier molecular flexibility index (Phi) is 5.82. The van der Waals surface area contributed by atoms with Gasteiger partial charge in [-0.2, -0.15) is 0 Å². The highest BCUT2D eigenvalue weighted by atomic mass is 19.1. The Hall–Kier alpha value is -3.24. The lowest BCUT2D eigenvalue weighted by Gasteiger charge is -2.15. The minimum absolute atomic E-state index is 0.0375. The van der Waals surface area contributed by atoms with Gasteiger partial charge in [-0.25, -0.2) is 4.39 Å². The van der Waals surface area contributed by atoms with Crippen LogP contribution in [0.5, 0.6) is 0 Å². The standard InChI is InChI=1S/C25H23FN2O/c1-18(29-17-19-5-3-2-4-6-19)15-24-25(21-11-13-27-14-12-21)23(16-28-24)20-7-9-22(26)10-8-20/h2-14,16,18,28H,15,17H2,1H3. The maximum absolute atomic E-state index is 13.4. The van der Waals surface area contributed by atoms with Gasteiger partial charge in [0, 0.05) is 41.8 Å². The van der Waals surface area contributed by atoms with E-state index in [1.54, 1.807) is 12.4 Å². The van der Waals surface area contributed by atoms with E-state index < -0.39 is 0 Å². The van der Waals surface area contributed by atoms with Gasteiger partial charge < -0.3 is 9.72 Å². The zero-order chi connectivity index (χ0) is 20.1. The van der Waals surface area contributed by atoms with Crippen molar-refractivity contribution < 1.29 is 9.13 Å². The topological polar surface area (TPSA) is 37.9 Å². The maximum Gasteiger partial charge on any atom is 0.123 e. The van der Waals surface area contributed by atoms with E-state index in [9.17, 15) is 4.39 Å². The van der Waals surface area contributed by atoms with Gasteiger partial charge in [0.15, 0.2) is 0 Å². The zero-order valence-corrected chi connectivity index (χ0v) is 16.3. The van der Waals surface area contributed by atoms with Gasteiger partial charge in [0.1, 0.15) is 5.82 Å². The first kappa shape index (κ1) is 19.1. The van der Waals surface area contributed by atoms with Crippen molar-refractivity contribution in [3.8, 4) is 22.3 Å². The summed E-state index contributed by atoms with van der Waals surface area (Å²) >= 11 is 0. The van der Waals surface area contributed by atoms with E-state index in [1.165, 1.54) is 12.1 Å². The summed E-state index contributed by atoms with van der Waals surface area (Å²) in [6.45, 7) is 2.66. The molecule has 4 aromatic rings. The fraction of sp³-hybridized carbons (Fsp3) is 0.160. The molecule has 0 fully saturated rings. The van der Waals surface area contributed by atoms with Crippen molar-refractivity contribution in [2.24, 2.45) is 0 Å². The molecule has 1 N–H and O–H groups in total. The molecule has 2 aromatic heterocycles. The van der Waals surface area contributed by atoms with E-state index in [0.717, 1.165) is 39.9 Å². The summed E-state index contributed by atoms with van der Waals surface area (Å²) in [6.07, 6.45) is 6.34. The van der Waals surface area contributed by atoms with Gasteiger partial charge in [-0.05, 0) is 47.9 Å². The lowest BCUT2D eigenvalue weighted by molar-refractivity contribution is 0.0531. The van der Waals surface area contributed by atoms with Crippen LogP contribution in [0.2, 0.25) is 0 Å². The van der Waals surface area contributed by atoms with Gasteiger partial charge >= 0.3 is 0 Å². The summed E-state index contributed by atoms with van der Waals surface area (Å²) in [6, 6.07) is 20.8. The first-order chi connectivity index (χ1) is 14.2. The molecule has 1 unspecified atom stereocenters.